The second-order valence-corrected chi connectivity index (χ2v) is 5.90. The molecule has 3 nitrogen and oxygen atoms in total. The molecule has 2 aliphatic heterocycles. The SMILES string of the molecule is C=C[C@H]1CC[C@H]([C@H]2CC[C@H](COCc3ccccc3)O2)O1. The van der Waals surface area contributed by atoms with Crippen molar-refractivity contribution in [3.63, 3.8) is 0 Å². The van der Waals surface area contributed by atoms with Crippen LogP contribution in [0.1, 0.15) is 31.2 Å². The molecule has 4 atom stereocenters. The van der Waals surface area contributed by atoms with E-state index in [1.54, 1.807) is 0 Å². The highest BCUT2D eigenvalue weighted by Gasteiger charge is 2.36. The van der Waals surface area contributed by atoms with Gasteiger partial charge in [0.2, 0.25) is 0 Å². The minimum absolute atomic E-state index is 0.213. The van der Waals surface area contributed by atoms with E-state index in [1.807, 2.05) is 24.3 Å². The van der Waals surface area contributed by atoms with Crippen molar-refractivity contribution in [2.24, 2.45) is 0 Å². The molecule has 114 valence electrons. The predicted octanol–water partition coefficient (Wildman–Crippen LogP) is 3.48. The van der Waals surface area contributed by atoms with Gasteiger partial charge in [0.05, 0.1) is 37.6 Å². The van der Waals surface area contributed by atoms with E-state index < -0.39 is 0 Å². The summed E-state index contributed by atoms with van der Waals surface area (Å²) in [6.07, 6.45) is 7.10. The Hall–Kier alpha value is -1.16. The van der Waals surface area contributed by atoms with Gasteiger partial charge in [0.15, 0.2) is 0 Å². The fourth-order valence-corrected chi connectivity index (χ4v) is 3.15. The maximum absolute atomic E-state index is 6.09. The Morgan fingerprint density at radius 3 is 2.57 bits per heavy atom. The summed E-state index contributed by atoms with van der Waals surface area (Å²) in [5.74, 6) is 0. The fraction of sp³-hybridized carbons (Fsp3) is 0.556. The number of ether oxygens (including phenoxy) is 3. The van der Waals surface area contributed by atoms with Gasteiger partial charge in [-0.25, -0.2) is 0 Å². The van der Waals surface area contributed by atoms with Gasteiger partial charge in [-0.1, -0.05) is 36.4 Å². The molecular formula is C18H24O3. The summed E-state index contributed by atoms with van der Waals surface area (Å²) in [5.41, 5.74) is 1.21. The van der Waals surface area contributed by atoms with Crippen molar-refractivity contribution in [2.45, 2.75) is 56.7 Å². The first-order chi connectivity index (χ1) is 10.3. The highest BCUT2D eigenvalue weighted by Crippen LogP contribution is 2.31. The van der Waals surface area contributed by atoms with Gasteiger partial charge in [0, 0.05) is 0 Å². The van der Waals surface area contributed by atoms with Gasteiger partial charge in [-0.2, -0.15) is 0 Å². The van der Waals surface area contributed by atoms with Crippen LogP contribution in [-0.2, 0) is 20.8 Å². The lowest BCUT2D eigenvalue weighted by Crippen LogP contribution is -2.27. The Labute approximate surface area is 126 Å². The topological polar surface area (TPSA) is 27.7 Å². The van der Waals surface area contributed by atoms with E-state index in [2.05, 4.69) is 18.7 Å². The summed E-state index contributed by atoms with van der Waals surface area (Å²) in [6.45, 7) is 5.13. The summed E-state index contributed by atoms with van der Waals surface area (Å²) >= 11 is 0. The van der Waals surface area contributed by atoms with Crippen molar-refractivity contribution in [1.82, 2.24) is 0 Å². The lowest BCUT2D eigenvalue weighted by atomic mass is 10.1. The van der Waals surface area contributed by atoms with Crippen LogP contribution in [0.3, 0.4) is 0 Å². The Morgan fingerprint density at radius 2 is 1.81 bits per heavy atom. The molecule has 3 rings (SSSR count). The molecule has 0 aromatic heterocycles. The van der Waals surface area contributed by atoms with Crippen molar-refractivity contribution < 1.29 is 14.2 Å². The maximum atomic E-state index is 6.09. The fourth-order valence-electron chi connectivity index (χ4n) is 3.15. The van der Waals surface area contributed by atoms with Crippen LogP contribution in [0.5, 0.6) is 0 Å². The molecule has 0 N–H and O–H groups in total. The summed E-state index contributed by atoms with van der Waals surface area (Å²) in [4.78, 5) is 0. The van der Waals surface area contributed by atoms with Gasteiger partial charge in [-0.3, -0.25) is 0 Å². The largest absolute Gasteiger partial charge is 0.374 e. The average Bonchev–Trinajstić information content (AvgIpc) is 3.17. The van der Waals surface area contributed by atoms with Crippen molar-refractivity contribution in [3.8, 4) is 0 Å². The van der Waals surface area contributed by atoms with Crippen molar-refractivity contribution in [1.29, 1.82) is 0 Å². The smallest absolute Gasteiger partial charge is 0.0846 e. The van der Waals surface area contributed by atoms with E-state index in [0.29, 0.717) is 13.2 Å². The molecule has 2 heterocycles. The van der Waals surface area contributed by atoms with E-state index >= 15 is 0 Å². The molecule has 2 saturated heterocycles. The molecule has 2 fully saturated rings. The lowest BCUT2D eigenvalue weighted by Gasteiger charge is -2.20. The van der Waals surface area contributed by atoms with Gasteiger partial charge >= 0.3 is 0 Å². The van der Waals surface area contributed by atoms with Crippen molar-refractivity contribution >= 4 is 0 Å². The third-order valence-electron chi connectivity index (χ3n) is 4.32. The standard InChI is InChI=1S/C18H24O3/c1-2-15-8-10-17(20-15)18-11-9-16(21-18)13-19-12-14-6-4-3-5-7-14/h2-7,15-18H,1,8-13H2/t15-,16+,17+,18+/m0/s1. The summed E-state index contributed by atoms with van der Waals surface area (Å²) in [7, 11) is 0. The third kappa shape index (κ3) is 3.94. The maximum Gasteiger partial charge on any atom is 0.0846 e. The first kappa shape index (κ1) is 14.8. The predicted molar refractivity (Wildman–Crippen MR) is 82.1 cm³/mol. The minimum atomic E-state index is 0.213. The zero-order valence-corrected chi connectivity index (χ0v) is 12.4. The molecule has 0 aliphatic carbocycles. The highest BCUT2D eigenvalue weighted by atomic mass is 16.6. The highest BCUT2D eigenvalue weighted by molar-refractivity contribution is 5.13. The Bertz CT molecular complexity index is 445. The van der Waals surface area contributed by atoms with Crippen LogP contribution in [0.4, 0.5) is 0 Å². The molecule has 1 aromatic rings. The molecule has 2 aliphatic rings. The van der Waals surface area contributed by atoms with E-state index in [4.69, 9.17) is 14.2 Å². The normalized spacial score (nSPS) is 32.4. The summed E-state index contributed by atoms with van der Waals surface area (Å²) in [5, 5.41) is 0. The Morgan fingerprint density at radius 1 is 1.05 bits per heavy atom. The van der Waals surface area contributed by atoms with Crippen LogP contribution in [-0.4, -0.2) is 31.0 Å². The molecule has 0 amide bonds. The lowest BCUT2D eigenvalue weighted by molar-refractivity contribution is -0.0766. The molecule has 1 aromatic carbocycles. The zero-order valence-electron chi connectivity index (χ0n) is 12.4. The molecule has 0 radical (unpaired) electrons. The minimum Gasteiger partial charge on any atom is -0.374 e. The van der Waals surface area contributed by atoms with Gasteiger partial charge in [0.25, 0.3) is 0 Å². The van der Waals surface area contributed by atoms with Crippen molar-refractivity contribution in [2.75, 3.05) is 6.61 Å². The van der Waals surface area contributed by atoms with Crippen molar-refractivity contribution in [3.05, 3.63) is 48.6 Å². The van der Waals surface area contributed by atoms with Gasteiger partial charge in [-0.15, -0.1) is 6.58 Å². The second-order valence-electron chi connectivity index (χ2n) is 5.90. The molecule has 3 heteroatoms. The molecule has 0 bridgehead atoms. The quantitative estimate of drug-likeness (QED) is 0.750. The Balaban J connectivity index is 1.38. The van der Waals surface area contributed by atoms with Crippen LogP contribution < -0.4 is 0 Å². The molecule has 21 heavy (non-hydrogen) atoms. The van der Waals surface area contributed by atoms with E-state index in [0.717, 1.165) is 25.7 Å². The van der Waals surface area contributed by atoms with E-state index in [-0.39, 0.29) is 24.4 Å². The van der Waals surface area contributed by atoms with Crippen LogP contribution in [0, 0.1) is 0 Å². The second kappa shape index (κ2) is 7.21. The molecule has 0 saturated carbocycles. The van der Waals surface area contributed by atoms with Crippen LogP contribution in [0.2, 0.25) is 0 Å². The molecule has 0 spiro atoms. The summed E-state index contributed by atoms with van der Waals surface area (Å²) < 4.78 is 17.8. The monoisotopic (exact) mass is 288 g/mol. The molecule has 0 unspecified atom stereocenters. The average molecular weight is 288 g/mol. The van der Waals surface area contributed by atoms with E-state index in [1.165, 1.54) is 5.56 Å². The van der Waals surface area contributed by atoms with Gasteiger partial charge in [0.1, 0.15) is 0 Å². The van der Waals surface area contributed by atoms with Crippen LogP contribution in [0.15, 0.2) is 43.0 Å². The number of rotatable bonds is 6. The Kier molecular flexibility index (Phi) is 5.07. The number of hydrogen-bond donors (Lipinski definition) is 0. The number of hydrogen-bond acceptors (Lipinski definition) is 3. The van der Waals surface area contributed by atoms with Gasteiger partial charge < -0.3 is 14.2 Å². The third-order valence-corrected chi connectivity index (χ3v) is 4.32. The summed E-state index contributed by atoms with van der Waals surface area (Å²) in [6, 6.07) is 10.3. The molecular weight excluding hydrogens is 264 g/mol. The zero-order chi connectivity index (χ0) is 14.5. The first-order valence-electron chi connectivity index (χ1n) is 7.90. The number of benzene rings is 1. The van der Waals surface area contributed by atoms with Gasteiger partial charge in [-0.05, 0) is 31.2 Å². The van der Waals surface area contributed by atoms with Crippen LogP contribution in [0.25, 0.3) is 0 Å². The van der Waals surface area contributed by atoms with E-state index in [9.17, 15) is 0 Å². The first-order valence-corrected chi connectivity index (χ1v) is 7.90. The van der Waals surface area contributed by atoms with Crippen LogP contribution >= 0.6 is 0 Å².